The lowest BCUT2D eigenvalue weighted by Crippen LogP contribution is -2.13. The Labute approximate surface area is 76.5 Å². The molecule has 3 nitrogen and oxygen atoms in total. The van der Waals surface area contributed by atoms with E-state index in [2.05, 4.69) is 5.32 Å². The van der Waals surface area contributed by atoms with Crippen LogP contribution in [-0.4, -0.2) is 20.0 Å². The van der Waals surface area contributed by atoms with E-state index in [0.717, 1.165) is 17.3 Å². The molecule has 13 heavy (non-hydrogen) atoms. The molecule has 0 aromatic heterocycles. The minimum absolute atomic E-state index is 0.138. The van der Waals surface area contributed by atoms with Gasteiger partial charge in [0.15, 0.2) is 6.29 Å². The zero-order chi connectivity index (χ0) is 9.42. The molecule has 4 heteroatoms. The summed E-state index contributed by atoms with van der Waals surface area (Å²) in [7, 11) is 1.94. The van der Waals surface area contributed by atoms with Crippen LogP contribution in [0.4, 0.5) is 0 Å². The summed E-state index contributed by atoms with van der Waals surface area (Å²) >= 11 is 0. The molecule has 0 saturated heterocycles. The highest BCUT2D eigenvalue weighted by Crippen LogP contribution is 2.16. The molecule has 2 rings (SSSR count). The van der Waals surface area contributed by atoms with E-state index in [1.165, 1.54) is 0 Å². The second-order valence-electron chi connectivity index (χ2n) is 3.13. The number of carbonyl (C=O) groups is 2. The van der Waals surface area contributed by atoms with E-state index in [9.17, 15) is 9.59 Å². The second kappa shape index (κ2) is 2.73. The van der Waals surface area contributed by atoms with Crippen LogP contribution in [0.5, 0.6) is 0 Å². The highest BCUT2D eigenvalue weighted by Gasteiger charge is 2.23. The fourth-order valence-electron chi connectivity index (χ4n) is 1.62. The van der Waals surface area contributed by atoms with Crippen LogP contribution in [0.3, 0.4) is 0 Å². The predicted octanol–water partition coefficient (Wildman–Crippen LogP) is -0.999. The third-order valence-corrected chi connectivity index (χ3v) is 2.36. The number of hydrogen-bond donors (Lipinski definition) is 1. The van der Waals surface area contributed by atoms with Crippen molar-refractivity contribution in [3.05, 3.63) is 28.8 Å². The summed E-state index contributed by atoms with van der Waals surface area (Å²) in [5, 5.41) is 2.70. The summed E-state index contributed by atoms with van der Waals surface area (Å²) in [5.41, 5.74) is 3.04. The molecule has 0 saturated carbocycles. The van der Waals surface area contributed by atoms with E-state index in [1.54, 1.807) is 6.07 Å². The number of hydrogen-bond acceptors (Lipinski definition) is 2. The third kappa shape index (κ3) is 1.06. The Bertz CT molecular complexity index is 401. The first kappa shape index (κ1) is 8.04. The lowest BCUT2D eigenvalue weighted by atomic mass is 9.87. The minimum atomic E-state index is -0.138. The molecule has 1 aliphatic heterocycles. The molecular weight excluding hydrogens is 165 g/mol. The smallest absolute Gasteiger partial charge is 0.252 e. The van der Waals surface area contributed by atoms with Gasteiger partial charge in [0.25, 0.3) is 5.91 Å². The first-order valence-electron chi connectivity index (χ1n) is 4.10. The Kier molecular flexibility index (Phi) is 1.69. The maximum absolute atomic E-state index is 11.3. The van der Waals surface area contributed by atoms with E-state index in [1.807, 2.05) is 13.9 Å². The Morgan fingerprint density at radius 1 is 1.46 bits per heavy atom. The van der Waals surface area contributed by atoms with Gasteiger partial charge >= 0.3 is 0 Å². The molecule has 0 fully saturated rings. The zero-order valence-corrected chi connectivity index (χ0v) is 7.26. The van der Waals surface area contributed by atoms with Crippen LogP contribution in [0.15, 0.2) is 12.1 Å². The maximum Gasteiger partial charge on any atom is 0.252 e. The van der Waals surface area contributed by atoms with E-state index in [-0.39, 0.29) is 5.91 Å². The van der Waals surface area contributed by atoms with Crippen LogP contribution in [0.25, 0.3) is 0 Å². The standard InChI is InChI=1S/C9H8BNO2/c10-7-2-1-5(4-12)8-6(7)3-11-9(8)13/h1-2,4H,3,10H2,(H,11,13). The summed E-state index contributed by atoms with van der Waals surface area (Å²) in [6.07, 6.45) is 0.725. The van der Waals surface area contributed by atoms with Gasteiger partial charge < -0.3 is 5.32 Å². The van der Waals surface area contributed by atoms with Crippen LogP contribution in [-0.2, 0) is 6.54 Å². The minimum Gasteiger partial charge on any atom is -0.348 e. The highest BCUT2D eigenvalue weighted by molar-refractivity contribution is 6.34. The van der Waals surface area contributed by atoms with Crippen molar-refractivity contribution in [3.8, 4) is 0 Å². The Morgan fingerprint density at radius 2 is 2.23 bits per heavy atom. The van der Waals surface area contributed by atoms with Crippen LogP contribution in [0.2, 0.25) is 0 Å². The van der Waals surface area contributed by atoms with Gasteiger partial charge in [-0.25, -0.2) is 0 Å². The first-order chi connectivity index (χ1) is 6.24. The maximum atomic E-state index is 11.3. The molecule has 0 unspecified atom stereocenters. The summed E-state index contributed by atoms with van der Waals surface area (Å²) in [5.74, 6) is -0.138. The number of amides is 1. The molecule has 1 N–H and O–H groups in total. The van der Waals surface area contributed by atoms with Gasteiger partial charge in [0, 0.05) is 12.1 Å². The van der Waals surface area contributed by atoms with Crippen molar-refractivity contribution in [2.75, 3.05) is 0 Å². The number of fused-ring (bicyclic) bond motifs is 1. The van der Waals surface area contributed by atoms with Gasteiger partial charge in [0.05, 0.1) is 5.56 Å². The van der Waals surface area contributed by atoms with E-state index >= 15 is 0 Å². The van der Waals surface area contributed by atoms with Gasteiger partial charge in [-0.3, -0.25) is 9.59 Å². The molecule has 0 bridgehead atoms. The van der Waals surface area contributed by atoms with Crippen LogP contribution < -0.4 is 10.8 Å². The van der Waals surface area contributed by atoms with Crippen molar-refractivity contribution in [1.82, 2.24) is 5.32 Å². The first-order valence-corrected chi connectivity index (χ1v) is 4.10. The molecule has 0 spiro atoms. The van der Waals surface area contributed by atoms with Gasteiger partial charge in [-0.1, -0.05) is 17.6 Å². The third-order valence-electron chi connectivity index (χ3n) is 2.36. The van der Waals surface area contributed by atoms with Crippen LogP contribution in [0, 0.1) is 0 Å². The number of benzene rings is 1. The molecule has 0 atom stereocenters. The Balaban J connectivity index is 2.73. The number of carbonyl (C=O) groups excluding carboxylic acids is 2. The van der Waals surface area contributed by atoms with Gasteiger partial charge in [-0.2, -0.15) is 0 Å². The SMILES string of the molecule is Bc1ccc(C=O)c2c1CNC2=O. The van der Waals surface area contributed by atoms with Crippen LogP contribution >= 0.6 is 0 Å². The number of aldehydes is 1. The summed E-state index contributed by atoms with van der Waals surface area (Å²) in [6.45, 7) is 0.543. The van der Waals surface area contributed by atoms with Crippen molar-refractivity contribution in [3.63, 3.8) is 0 Å². The molecule has 64 valence electrons. The largest absolute Gasteiger partial charge is 0.348 e. The van der Waals surface area contributed by atoms with Crippen LogP contribution in [0.1, 0.15) is 26.3 Å². The highest BCUT2D eigenvalue weighted by atomic mass is 16.2. The number of nitrogens with one attached hydrogen (secondary N) is 1. The molecule has 1 heterocycles. The summed E-state index contributed by atoms with van der Waals surface area (Å²) in [4.78, 5) is 22.0. The van der Waals surface area contributed by atoms with Gasteiger partial charge in [-0.15, -0.1) is 0 Å². The molecule has 0 radical (unpaired) electrons. The zero-order valence-electron chi connectivity index (χ0n) is 7.26. The van der Waals surface area contributed by atoms with Gasteiger partial charge in [0.2, 0.25) is 0 Å². The molecular formula is C9H8BNO2. The van der Waals surface area contributed by atoms with Gasteiger partial charge in [0.1, 0.15) is 7.85 Å². The Morgan fingerprint density at radius 3 is 2.92 bits per heavy atom. The lowest BCUT2D eigenvalue weighted by molar-refractivity contribution is 0.0960. The normalized spacial score (nSPS) is 13.7. The van der Waals surface area contributed by atoms with E-state index in [4.69, 9.17) is 0 Å². The predicted molar refractivity (Wildman–Crippen MR) is 51.2 cm³/mol. The fourth-order valence-corrected chi connectivity index (χ4v) is 1.62. The van der Waals surface area contributed by atoms with Crippen molar-refractivity contribution >= 4 is 25.5 Å². The molecule has 1 aromatic rings. The topological polar surface area (TPSA) is 46.2 Å². The quantitative estimate of drug-likeness (QED) is 0.437. The summed E-state index contributed by atoms with van der Waals surface area (Å²) < 4.78 is 0. The molecule has 1 amide bonds. The monoisotopic (exact) mass is 173 g/mol. The summed E-state index contributed by atoms with van der Waals surface area (Å²) in [6, 6.07) is 3.55. The van der Waals surface area contributed by atoms with E-state index < -0.39 is 0 Å². The number of rotatable bonds is 1. The van der Waals surface area contributed by atoms with Crippen molar-refractivity contribution in [2.45, 2.75) is 6.54 Å². The van der Waals surface area contributed by atoms with Crippen molar-refractivity contribution in [2.24, 2.45) is 0 Å². The average Bonchev–Trinajstić information content (AvgIpc) is 2.51. The van der Waals surface area contributed by atoms with E-state index in [0.29, 0.717) is 17.7 Å². The lowest BCUT2D eigenvalue weighted by Gasteiger charge is -2.02. The molecule has 0 aliphatic carbocycles. The van der Waals surface area contributed by atoms with Crippen molar-refractivity contribution in [1.29, 1.82) is 0 Å². The Hall–Kier alpha value is -1.58. The van der Waals surface area contributed by atoms with Gasteiger partial charge in [-0.05, 0) is 5.56 Å². The fraction of sp³-hybridized carbons (Fsp3) is 0.111. The second-order valence-corrected chi connectivity index (χ2v) is 3.13. The average molecular weight is 173 g/mol. The molecule has 1 aromatic carbocycles. The molecule has 1 aliphatic rings. The van der Waals surface area contributed by atoms with Crippen molar-refractivity contribution < 1.29 is 9.59 Å².